The van der Waals surface area contributed by atoms with Gasteiger partial charge in [-0.1, -0.05) is 30.3 Å². The van der Waals surface area contributed by atoms with Crippen LogP contribution < -0.4 is 10.2 Å². The molecule has 0 spiro atoms. The summed E-state index contributed by atoms with van der Waals surface area (Å²) in [6.07, 6.45) is 4.89. The second-order valence-electron chi connectivity index (χ2n) is 9.19. The number of carbonyl (C=O) groups excluding carboxylic acids is 1. The van der Waals surface area contributed by atoms with Crippen molar-refractivity contribution in [3.8, 4) is 0 Å². The zero-order valence-electron chi connectivity index (χ0n) is 18.9. The van der Waals surface area contributed by atoms with Crippen LogP contribution in [0.5, 0.6) is 0 Å². The largest absolute Gasteiger partial charge is 0.352 e. The summed E-state index contributed by atoms with van der Waals surface area (Å²) < 4.78 is 0. The molecule has 1 aromatic heterocycles. The molecule has 2 fully saturated rings. The lowest BCUT2D eigenvalue weighted by Gasteiger charge is -2.32. The molecule has 2 saturated heterocycles. The molecule has 6 nitrogen and oxygen atoms in total. The van der Waals surface area contributed by atoms with Gasteiger partial charge in [-0.25, -0.2) is 9.97 Å². The number of likely N-dealkylation sites (tertiary alicyclic amines) is 1. The van der Waals surface area contributed by atoms with Crippen molar-refractivity contribution in [3.05, 3.63) is 53.3 Å². The Labute approximate surface area is 186 Å². The molecular weight excluding hydrogens is 386 g/mol. The molecule has 166 valence electrons. The van der Waals surface area contributed by atoms with Gasteiger partial charge >= 0.3 is 0 Å². The second-order valence-corrected chi connectivity index (χ2v) is 9.19. The van der Waals surface area contributed by atoms with Gasteiger partial charge in [0.15, 0.2) is 0 Å². The second kappa shape index (κ2) is 10.2. The molecule has 0 radical (unpaired) electrons. The lowest BCUT2D eigenvalue weighted by molar-refractivity contribution is -0.122. The third-order valence-electron chi connectivity index (χ3n) is 6.53. The van der Waals surface area contributed by atoms with Crippen LogP contribution in [0.1, 0.15) is 49.1 Å². The molecule has 31 heavy (non-hydrogen) atoms. The molecule has 2 aliphatic rings. The third-order valence-corrected chi connectivity index (χ3v) is 6.53. The van der Waals surface area contributed by atoms with Crippen LogP contribution in [0.15, 0.2) is 36.4 Å². The highest BCUT2D eigenvalue weighted by Gasteiger charge is 2.25. The van der Waals surface area contributed by atoms with E-state index >= 15 is 0 Å². The van der Waals surface area contributed by atoms with Crippen LogP contribution >= 0.6 is 0 Å². The van der Waals surface area contributed by atoms with E-state index in [-0.39, 0.29) is 5.91 Å². The summed E-state index contributed by atoms with van der Waals surface area (Å²) in [4.78, 5) is 26.4. The highest BCUT2D eigenvalue weighted by Crippen LogP contribution is 2.24. The monoisotopic (exact) mass is 421 g/mol. The standard InChI is InChI=1S/C25H35N5O/c1-19-16-20(2)27-25(26-19)30-14-10-21(11-15-30)8-9-24(31)28-23-12-13-29(18-23)17-22-6-4-3-5-7-22/h3-7,16,21,23H,8-15,17-18H2,1-2H3,(H,28,31)/t23-/m1/s1. The van der Waals surface area contributed by atoms with E-state index in [1.54, 1.807) is 0 Å². The van der Waals surface area contributed by atoms with Gasteiger partial charge in [-0.2, -0.15) is 0 Å². The van der Waals surface area contributed by atoms with Crippen molar-refractivity contribution in [1.82, 2.24) is 20.2 Å². The number of rotatable bonds is 7. The summed E-state index contributed by atoms with van der Waals surface area (Å²) >= 11 is 0. The number of carbonyl (C=O) groups is 1. The van der Waals surface area contributed by atoms with E-state index in [2.05, 4.69) is 55.4 Å². The maximum Gasteiger partial charge on any atom is 0.225 e. The van der Waals surface area contributed by atoms with Crippen molar-refractivity contribution in [2.24, 2.45) is 5.92 Å². The molecule has 1 aromatic carbocycles. The van der Waals surface area contributed by atoms with Crippen molar-refractivity contribution >= 4 is 11.9 Å². The van der Waals surface area contributed by atoms with Gasteiger partial charge in [-0.05, 0) is 57.1 Å². The zero-order valence-corrected chi connectivity index (χ0v) is 18.9. The lowest BCUT2D eigenvalue weighted by atomic mass is 9.92. The van der Waals surface area contributed by atoms with Crippen molar-refractivity contribution in [3.63, 3.8) is 0 Å². The van der Waals surface area contributed by atoms with E-state index in [4.69, 9.17) is 0 Å². The molecule has 4 rings (SSSR count). The Morgan fingerprint density at radius 3 is 2.45 bits per heavy atom. The van der Waals surface area contributed by atoms with Gasteiger partial charge in [0.2, 0.25) is 11.9 Å². The van der Waals surface area contributed by atoms with Crippen LogP contribution in [0.3, 0.4) is 0 Å². The Hall–Kier alpha value is -2.47. The van der Waals surface area contributed by atoms with Crippen molar-refractivity contribution in [1.29, 1.82) is 0 Å². The van der Waals surface area contributed by atoms with Gasteiger partial charge in [-0.3, -0.25) is 9.69 Å². The Morgan fingerprint density at radius 1 is 1.03 bits per heavy atom. The number of hydrogen-bond acceptors (Lipinski definition) is 5. The first kappa shape index (κ1) is 21.8. The fraction of sp³-hybridized carbons (Fsp3) is 0.560. The van der Waals surface area contributed by atoms with E-state index in [0.717, 1.165) is 75.7 Å². The molecule has 6 heteroatoms. The Kier molecular flexibility index (Phi) is 7.17. The highest BCUT2D eigenvalue weighted by atomic mass is 16.1. The maximum absolute atomic E-state index is 12.5. The van der Waals surface area contributed by atoms with Crippen molar-refractivity contribution in [2.45, 2.75) is 58.5 Å². The topological polar surface area (TPSA) is 61.4 Å². The van der Waals surface area contributed by atoms with E-state index < -0.39 is 0 Å². The van der Waals surface area contributed by atoms with Crippen LogP contribution in [-0.2, 0) is 11.3 Å². The molecule has 0 saturated carbocycles. The Balaban J connectivity index is 1.15. The maximum atomic E-state index is 12.5. The molecule has 1 atom stereocenters. The van der Waals surface area contributed by atoms with Gasteiger partial charge in [0, 0.05) is 56.6 Å². The smallest absolute Gasteiger partial charge is 0.225 e. The molecule has 3 heterocycles. The first-order chi connectivity index (χ1) is 15.0. The molecule has 0 bridgehead atoms. The first-order valence-electron chi connectivity index (χ1n) is 11.7. The van der Waals surface area contributed by atoms with Gasteiger partial charge in [-0.15, -0.1) is 0 Å². The van der Waals surface area contributed by atoms with E-state index in [0.29, 0.717) is 18.4 Å². The number of benzene rings is 1. The van der Waals surface area contributed by atoms with Gasteiger partial charge in [0.25, 0.3) is 0 Å². The van der Waals surface area contributed by atoms with E-state index in [9.17, 15) is 4.79 Å². The quantitative estimate of drug-likeness (QED) is 0.742. The normalized spacial score (nSPS) is 20.2. The number of aromatic nitrogens is 2. The van der Waals surface area contributed by atoms with E-state index in [1.807, 2.05) is 19.9 Å². The lowest BCUT2D eigenvalue weighted by Crippen LogP contribution is -2.38. The molecule has 2 aromatic rings. The number of aryl methyl sites for hydroxylation is 2. The number of nitrogens with zero attached hydrogens (tertiary/aromatic N) is 4. The number of nitrogens with one attached hydrogen (secondary N) is 1. The highest BCUT2D eigenvalue weighted by molar-refractivity contribution is 5.76. The van der Waals surface area contributed by atoms with Crippen LogP contribution in [0.25, 0.3) is 0 Å². The van der Waals surface area contributed by atoms with Crippen molar-refractivity contribution < 1.29 is 4.79 Å². The fourth-order valence-electron chi connectivity index (χ4n) is 4.84. The first-order valence-corrected chi connectivity index (χ1v) is 11.7. The summed E-state index contributed by atoms with van der Waals surface area (Å²) in [6.45, 7) is 8.98. The van der Waals surface area contributed by atoms with Gasteiger partial charge in [0.05, 0.1) is 0 Å². The zero-order chi connectivity index (χ0) is 21.6. The van der Waals surface area contributed by atoms with E-state index in [1.165, 1.54) is 5.56 Å². The minimum absolute atomic E-state index is 0.214. The molecule has 0 aliphatic carbocycles. The number of piperidine rings is 1. The van der Waals surface area contributed by atoms with Crippen LogP contribution in [0, 0.1) is 19.8 Å². The van der Waals surface area contributed by atoms with Gasteiger partial charge < -0.3 is 10.2 Å². The molecular formula is C25H35N5O. The molecule has 1 amide bonds. The van der Waals surface area contributed by atoms with Crippen molar-refractivity contribution in [2.75, 3.05) is 31.1 Å². The number of hydrogen-bond donors (Lipinski definition) is 1. The minimum atomic E-state index is 0.214. The third kappa shape index (κ3) is 6.26. The van der Waals surface area contributed by atoms with Gasteiger partial charge in [0.1, 0.15) is 0 Å². The predicted octanol–water partition coefficient (Wildman–Crippen LogP) is 3.48. The Morgan fingerprint density at radius 2 is 1.74 bits per heavy atom. The molecule has 0 unspecified atom stereocenters. The fourth-order valence-corrected chi connectivity index (χ4v) is 4.84. The number of anilines is 1. The Bertz CT molecular complexity index is 843. The molecule has 2 aliphatic heterocycles. The summed E-state index contributed by atoms with van der Waals surface area (Å²) in [5, 5.41) is 3.27. The summed E-state index contributed by atoms with van der Waals surface area (Å²) in [5.74, 6) is 1.69. The van der Waals surface area contributed by atoms with Crippen LogP contribution in [0.4, 0.5) is 5.95 Å². The summed E-state index contributed by atoms with van der Waals surface area (Å²) in [7, 11) is 0. The number of amides is 1. The van der Waals surface area contributed by atoms with Crippen LogP contribution in [0.2, 0.25) is 0 Å². The van der Waals surface area contributed by atoms with Crippen LogP contribution in [-0.4, -0.2) is 53.0 Å². The SMILES string of the molecule is Cc1cc(C)nc(N2CCC(CCC(=O)N[C@@H]3CCN(Cc4ccccc4)C3)CC2)n1. The molecule has 1 N–H and O–H groups in total. The average molecular weight is 422 g/mol. The predicted molar refractivity (Wildman–Crippen MR) is 124 cm³/mol. The summed E-state index contributed by atoms with van der Waals surface area (Å²) in [6, 6.07) is 12.9. The summed E-state index contributed by atoms with van der Waals surface area (Å²) in [5.41, 5.74) is 3.39. The average Bonchev–Trinajstić information content (AvgIpc) is 3.19. The minimum Gasteiger partial charge on any atom is -0.352 e.